The highest BCUT2D eigenvalue weighted by Crippen LogP contribution is 2.34. The second-order valence-electron chi connectivity index (χ2n) is 6.35. The summed E-state index contributed by atoms with van der Waals surface area (Å²) in [6.07, 6.45) is 3.70. The van der Waals surface area contributed by atoms with Crippen molar-refractivity contribution in [1.29, 1.82) is 0 Å². The van der Waals surface area contributed by atoms with Crippen LogP contribution in [0, 0.1) is 5.92 Å². The Kier molecular flexibility index (Phi) is 4.40. The van der Waals surface area contributed by atoms with E-state index >= 15 is 0 Å². The molecule has 1 saturated carbocycles. The lowest BCUT2D eigenvalue weighted by Gasteiger charge is -2.25. The van der Waals surface area contributed by atoms with Crippen LogP contribution < -0.4 is 10.5 Å². The van der Waals surface area contributed by atoms with E-state index in [1.54, 1.807) is 6.07 Å². The predicted molar refractivity (Wildman–Crippen MR) is 102 cm³/mol. The molecule has 1 aromatic heterocycles. The van der Waals surface area contributed by atoms with Crippen LogP contribution in [-0.2, 0) is 0 Å². The van der Waals surface area contributed by atoms with Crippen LogP contribution in [0.4, 0.5) is 5.95 Å². The Bertz CT molecular complexity index is 941. The Labute approximate surface area is 155 Å². The summed E-state index contributed by atoms with van der Waals surface area (Å²) in [5.41, 5.74) is 8.44. The van der Waals surface area contributed by atoms with Crippen LogP contribution in [0.25, 0.3) is 22.0 Å². The summed E-state index contributed by atoms with van der Waals surface area (Å²) >= 11 is 12.3. The summed E-state index contributed by atoms with van der Waals surface area (Å²) in [4.78, 5) is 8.59. The quantitative estimate of drug-likeness (QED) is 0.667. The Morgan fingerprint density at radius 1 is 1.08 bits per heavy atom. The third-order valence-electron chi connectivity index (χ3n) is 4.60. The molecule has 0 radical (unpaired) electrons. The van der Waals surface area contributed by atoms with Gasteiger partial charge in [-0.05, 0) is 48.6 Å². The van der Waals surface area contributed by atoms with Gasteiger partial charge in [0.15, 0.2) is 0 Å². The maximum Gasteiger partial charge on any atom is 0.226 e. The monoisotopic (exact) mass is 373 g/mol. The minimum absolute atomic E-state index is 0.216. The molecule has 0 aliphatic heterocycles. The Balaban J connectivity index is 1.76. The first-order chi connectivity index (χ1) is 12.1. The molecule has 2 N–H and O–H groups in total. The second kappa shape index (κ2) is 6.70. The third-order valence-corrected chi connectivity index (χ3v) is 5.15. The van der Waals surface area contributed by atoms with E-state index in [2.05, 4.69) is 9.97 Å². The third kappa shape index (κ3) is 3.37. The molecule has 128 valence electrons. The molecule has 1 aliphatic carbocycles. The molecule has 0 spiro atoms. The normalized spacial score (nSPS) is 14.5. The molecule has 0 unspecified atom stereocenters. The molecule has 6 heteroatoms. The average Bonchev–Trinajstić information content (AvgIpc) is 2.53. The molecule has 0 amide bonds. The van der Waals surface area contributed by atoms with E-state index < -0.39 is 0 Å². The SMILES string of the molecule is Nc1nc(OCC2CCC2)c2cc(-c3ccc(Cl)cc3Cl)ccc2n1. The van der Waals surface area contributed by atoms with Crippen LogP contribution in [-0.4, -0.2) is 16.6 Å². The maximum absolute atomic E-state index is 6.34. The number of hydrogen-bond acceptors (Lipinski definition) is 4. The molecule has 1 aliphatic rings. The average molecular weight is 374 g/mol. The Hall–Kier alpha value is -2.04. The van der Waals surface area contributed by atoms with Crippen molar-refractivity contribution >= 4 is 40.1 Å². The highest BCUT2D eigenvalue weighted by molar-refractivity contribution is 6.36. The maximum atomic E-state index is 6.34. The van der Waals surface area contributed by atoms with Crippen molar-refractivity contribution in [2.45, 2.75) is 19.3 Å². The largest absolute Gasteiger partial charge is 0.477 e. The molecule has 25 heavy (non-hydrogen) atoms. The number of rotatable bonds is 4. The van der Waals surface area contributed by atoms with Crippen LogP contribution >= 0.6 is 23.2 Å². The van der Waals surface area contributed by atoms with Crippen molar-refractivity contribution in [3.8, 4) is 17.0 Å². The lowest BCUT2D eigenvalue weighted by Crippen LogP contribution is -2.19. The highest BCUT2D eigenvalue weighted by Gasteiger charge is 2.19. The fourth-order valence-corrected chi connectivity index (χ4v) is 3.49. The molecular formula is C19H17Cl2N3O. The van der Waals surface area contributed by atoms with Crippen molar-refractivity contribution in [1.82, 2.24) is 9.97 Å². The smallest absolute Gasteiger partial charge is 0.226 e. The van der Waals surface area contributed by atoms with E-state index in [4.69, 9.17) is 33.7 Å². The number of nitrogens with two attached hydrogens (primary N) is 1. The minimum Gasteiger partial charge on any atom is -0.477 e. The number of hydrogen-bond donors (Lipinski definition) is 1. The van der Waals surface area contributed by atoms with E-state index in [0.717, 1.165) is 22.0 Å². The van der Waals surface area contributed by atoms with Gasteiger partial charge in [-0.15, -0.1) is 0 Å². The summed E-state index contributed by atoms with van der Waals surface area (Å²) in [7, 11) is 0. The van der Waals surface area contributed by atoms with Crippen molar-refractivity contribution in [3.05, 3.63) is 46.4 Å². The summed E-state index contributed by atoms with van der Waals surface area (Å²) in [6.45, 7) is 0.664. The lowest BCUT2D eigenvalue weighted by molar-refractivity contribution is 0.177. The molecule has 0 saturated heterocycles. The fourth-order valence-electron chi connectivity index (χ4n) is 2.97. The van der Waals surface area contributed by atoms with Gasteiger partial charge in [0.05, 0.1) is 17.5 Å². The number of anilines is 1. The molecular weight excluding hydrogens is 357 g/mol. The van der Waals surface area contributed by atoms with E-state index in [-0.39, 0.29) is 5.95 Å². The van der Waals surface area contributed by atoms with Gasteiger partial charge in [-0.3, -0.25) is 0 Å². The zero-order valence-electron chi connectivity index (χ0n) is 13.5. The lowest BCUT2D eigenvalue weighted by atomic mass is 9.86. The number of ether oxygens (including phenoxy) is 1. The van der Waals surface area contributed by atoms with Gasteiger partial charge in [-0.25, -0.2) is 4.98 Å². The molecule has 2 aromatic carbocycles. The van der Waals surface area contributed by atoms with Gasteiger partial charge in [-0.1, -0.05) is 41.8 Å². The topological polar surface area (TPSA) is 61.0 Å². The van der Waals surface area contributed by atoms with E-state index in [1.807, 2.05) is 30.3 Å². The summed E-state index contributed by atoms with van der Waals surface area (Å²) in [5, 5.41) is 2.03. The number of nitrogen functional groups attached to an aromatic ring is 1. The van der Waals surface area contributed by atoms with Crippen molar-refractivity contribution < 1.29 is 4.74 Å². The van der Waals surface area contributed by atoms with Gasteiger partial charge in [0, 0.05) is 15.6 Å². The minimum atomic E-state index is 0.216. The standard InChI is InChI=1S/C19H17Cl2N3O/c20-13-5-6-14(16(21)9-13)12-4-7-17-15(8-12)18(24-19(22)23-17)25-10-11-2-1-3-11/h4-9,11H,1-3,10H2,(H2,22,23,24). The van der Waals surface area contributed by atoms with Crippen LogP contribution in [0.1, 0.15) is 19.3 Å². The van der Waals surface area contributed by atoms with Crippen molar-refractivity contribution in [3.63, 3.8) is 0 Å². The number of halogens is 2. The van der Waals surface area contributed by atoms with Gasteiger partial charge in [0.25, 0.3) is 0 Å². The summed E-state index contributed by atoms with van der Waals surface area (Å²) < 4.78 is 5.96. The Morgan fingerprint density at radius 2 is 1.92 bits per heavy atom. The highest BCUT2D eigenvalue weighted by atomic mass is 35.5. The van der Waals surface area contributed by atoms with Crippen LogP contribution in [0.5, 0.6) is 5.88 Å². The first kappa shape index (κ1) is 16.4. The van der Waals surface area contributed by atoms with Gasteiger partial charge in [0.1, 0.15) is 0 Å². The molecule has 4 rings (SSSR count). The van der Waals surface area contributed by atoms with E-state index in [9.17, 15) is 0 Å². The molecule has 3 aromatic rings. The Morgan fingerprint density at radius 3 is 2.64 bits per heavy atom. The van der Waals surface area contributed by atoms with E-state index in [0.29, 0.717) is 28.5 Å². The van der Waals surface area contributed by atoms with E-state index in [1.165, 1.54) is 19.3 Å². The van der Waals surface area contributed by atoms with Crippen molar-refractivity contribution in [2.75, 3.05) is 12.3 Å². The van der Waals surface area contributed by atoms with Gasteiger partial charge in [0.2, 0.25) is 11.8 Å². The zero-order valence-corrected chi connectivity index (χ0v) is 15.0. The fraction of sp³-hybridized carbons (Fsp3) is 0.263. The van der Waals surface area contributed by atoms with Crippen LogP contribution in [0.15, 0.2) is 36.4 Å². The van der Waals surface area contributed by atoms with Crippen molar-refractivity contribution in [2.24, 2.45) is 5.92 Å². The number of aromatic nitrogens is 2. The first-order valence-corrected chi connectivity index (χ1v) is 9.01. The van der Waals surface area contributed by atoms with Crippen LogP contribution in [0.3, 0.4) is 0 Å². The number of fused-ring (bicyclic) bond motifs is 1. The number of benzene rings is 2. The molecule has 0 bridgehead atoms. The predicted octanol–water partition coefficient (Wildman–Crippen LogP) is 5.36. The van der Waals surface area contributed by atoms with Gasteiger partial charge in [-0.2, -0.15) is 4.98 Å². The van der Waals surface area contributed by atoms with Gasteiger partial charge >= 0.3 is 0 Å². The molecule has 1 fully saturated rings. The zero-order chi connectivity index (χ0) is 17.4. The number of nitrogens with zero attached hydrogens (tertiary/aromatic N) is 2. The second-order valence-corrected chi connectivity index (χ2v) is 7.19. The summed E-state index contributed by atoms with van der Waals surface area (Å²) in [5.74, 6) is 1.36. The summed E-state index contributed by atoms with van der Waals surface area (Å²) in [6, 6.07) is 11.3. The van der Waals surface area contributed by atoms with Gasteiger partial charge < -0.3 is 10.5 Å². The first-order valence-electron chi connectivity index (χ1n) is 8.25. The molecule has 0 atom stereocenters. The molecule has 1 heterocycles. The molecule has 4 nitrogen and oxygen atoms in total. The van der Waals surface area contributed by atoms with Crippen LogP contribution in [0.2, 0.25) is 10.0 Å².